The molecule has 1 amide bonds. The predicted octanol–water partition coefficient (Wildman–Crippen LogP) is 3.19. The number of carbonyl (C=O) groups is 1. The predicted molar refractivity (Wildman–Crippen MR) is 81.9 cm³/mol. The van der Waals surface area contributed by atoms with Gasteiger partial charge in [-0.25, -0.2) is 9.97 Å². The number of hydrogen-bond acceptors (Lipinski definition) is 5. The maximum absolute atomic E-state index is 12.0. The molecule has 21 heavy (non-hydrogen) atoms. The second kappa shape index (κ2) is 5.49. The Balaban J connectivity index is 1.93. The van der Waals surface area contributed by atoms with Crippen LogP contribution in [0.5, 0.6) is 11.6 Å². The Morgan fingerprint density at radius 1 is 1.24 bits per heavy atom. The summed E-state index contributed by atoms with van der Waals surface area (Å²) in [4.78, 5) is 21.8. The lowest BCUT2D eigenvalue weighted by Gasteiger charge is -2.11. The number of fused-ring (bicyclic) bond motifs is 1. The lowest BCUT2D eigenvalue weighted by molar-refractivity contribution is 0.0827. The summed E-state index contributed by atoms with van der Waals surface area (Å²) < 4.78 is 6.70. The molecular weight excluding hydrogens is 286 g/mol. The van der Waals surface area contributed by atoms with Gasteiger partial charge in [-0.05, 0) is 29.6 Å². The van der Waals surface area contributed by atoms with Crippen LogP contribution < -0.4 is 4.74 Å². The highest BCUT2D eigenvalue weighted by Crippen LogP contribution is 2.30. The summed E-state index contributed by atoms with van der Waals surface area (Å²) in [5.74, 6) is 1.02. The van der Waals surface area contributed by atoms with Crippen molar-refractivity contribution in [2.24, 2.45) is 0 Å². The highest BCUT2D eigenvalue weighted by atomic mass is 32.1. The molecule has 5 nitrogen and oxygen atoms in total. The van der Waals surface area contributed by atoms with E-state index in [0.717, 1.165) is 10.2 Å². The van der Waals surface area contributed by atoms with E-state index in [4.69, 9.17) is 4.74 Å². The summed E-state index contributed by atoms with van der Waals surface area (Å²) in [7, 11) is 3.44. The highest BCUT2D eigenvalue weighted by molar-refractivity contribution is 7.17. The first-order valence-electron chi connectivity index (χ1n) is 6.33. The van der Waals surface area contributed by atoms with Gasteiger partial charge in [0.05, 0.1) is 5.52 Å². The summed E-state index contributed by atoms with van der Waals surface area (Å²) in [5, 5.41) is 1.94. The average molecular weight is 299 g/mol. The molecule has 0 unspecified atom stereocenters. The molecule has 1 aromatic carbocycles. The minimum Gasteiger partial charge on any atom is -0.437 e. The minimum atomic E-state index is -0.0654. The number of carbonyl (C=O) groups excluding carboxylic acids is 1. The normalized spacial score (nSPS) is 10.6. The van der Waals surface area contributed by atoms with Crippen molar-refractivity contribution < 1.29 is 9.53 Å². The van der Waals surface area contributed by atoms with Gasteiger partial charge in [0.25, 0.3) is 5.91 Å². The summed E-state index contributed by atoms with van der Waals surface area (Å²) in [6.45, 7) is 0. The first-order chi connectivity index (χ1) is 10.1. The molecule has 0 saturated heterocycles. The number of amides is 1. The van der Waals surface area contributed by atoms with Crippen LogP contribution in [0.1, 0.15) is 10.4 Å². The Kier molecular flexibility index (Phi) is 3.53. The topological polar surface area (TPSA) is 55.3 Å². The minimum absolute atomic E-state index is 0.0654. The molecule has 3 rings (SSSR count). The first kappa shape index (κ1) is 13.5. The molecule has 0 aliphatic rings. The van der Waals surface area contributed by atoms with Crippen LogP contribution in [-0.2, 0) is 0 Å². The van der Waals surface area contributed by atoms with E-state index in [0.29, 0.717) is 17.2 Å². The second-order valence-electron chi connectivity index (χ2n) is 4.64. The van der Waals surface area contributed by atoms with E-state index in [1.165, 1.54) is 22.6 Å². The summed E-state index contributed by atoms with van der Waals surface area (Å²) in [5.41, 5.74) is 1.43. The van der Waals surface area contributed by atoms with Crippen molar-refractivity contribution in [1.82, 2.24) is 14.9 Å². The molecule has 0 aliphatic carbocycles. The van der Waals surface area contributed by atoms with Gasteiger partial charge in [0.1, 0.15) is 16.8 Å². The van der Waals surface area contributed by atoms with E-state index in [-0.39, 0.29) is 5.91 Å². The number of hydrogen-bond donors (Lipinski definition) is 0. The van der Waals surface area contributed by atoms with Gasteiger partial charge in [-0.3, -0.25) is 4.79 Å². The van der Waals surface area contributed by atoms with Crippen LogP contribution in [0.15, 0.2) is 42.0 Å². The monoisotopic (exact) mass is 299 g/mol. The molecule has 0 saturated carbocycles. The SMILES string of the molecule is CN(C)C(=O)c1cccc(Oc2ncnc3ccsc23)c1. The third-order valence-electron chi connectivity index (χ3n) is 2.91. The van der Waals surface area contributed by atoms with Gasteiger partial charge in [0, 0.05) is 19.7 Å². The van der Waals surface area contributed by atoms with Crippen molar-refractivity contribution in [1.29, 1.82) is 0 Å². The summed E-state index contributed by atoms with van der Waals surface area (Å²) in [6, 6.07) is 8.98. The van der Waals surface area contributed by atoms with Gasteiger partial charge >= 0.3 is 0 Å². The Morgan fingerprint density at radius 2 is 2.10 bits per heavy atom. The Morgan fingerprint density at radius 3 is 2.90 bits per heavy atom. The van der Waals surface area contributed by atoms with Gasteiger partial charge in [0.2, 0.25) is 5.88 Å². The smallest absolute Gasteiger partial charge is 0.253 e. The van der Waals surface area contributed by atoms with E-state index in [9.17, 15) is 4.79 Å². The summed E-state index contributed by atoms with van der Waals surface area (Å²) in [6.07, 6.45) is 1.47. The molecule has 0 atom stereocenters. The van der Waals surface area contributed by atoms with Crippen molar-refractivity contribution in [3.8, 4) is 11.6 Å². The number of aromatic nitrogens is 2. The van der Waals surface area contributed by atoms with Crippen molar-refractivity contribution in [3.63, 3.8) is 0 Å². The largest absolute Gasteiger partial charge is 0.437 e. The van der Waals surface area contributed by atoms with Crippen LogP contribution >= 0.6 is 11.3 Å². The quantitative estimate of drug-likeness (QED) is 0.745. The van der Waals surface area contributed by atoms with Gasteiger partial charge in [0.15, 0.2) is 0 Å². The molecule has 0 spiro atoms. The molecule has 2 aromatic heterocycles. The molecule has 0 bridgehead atoms. The fourth-order valence-corrected chi connectivity index (χ4v) is 2.67. The van der Waals surface area contributed by atoms with Crippen molar-refractivity contribution >= 4 is 27.5 Å². The third-order valence-corrected chi connectivity index (χ3v) is 3.80. The Bertz CT molecular complexity index is 798. The zero-order valence-corrected chi connectivity index (χ0v) is 12.4. The van der Waals surface area contributed by atoms with Gasteiger partial charge in [-0.15, -0.1) is 11.3 Å². The van der Waals surface area contributed by atoms with Crippen LogP contribution in [-0.4, -0.2) is 34.9 Å². The maximum atomic E-state index is 12.0. The Hall–Kier alpha value is -2.47. The number of ether oxygens (including phenoxy) is 1. The second-order valence-corrected chi connectivity index (χ2v) is 5.56. The molecule has 3 aromatic rings. The number of benzene rings is 1. The van der Waals surface area contributed by atoms with Gasteiger partial charge in [-0.1, -0.05) is 6.07 Å². The molecule has 0 fully saturated rings. The van der Waals surface area contributed by atoms with E-state index >= 15 is 0 Å². The fourth-order valence-electron chi connectivity index (χ4n) is 1.90. The summed E-state index contributed by atoms with van der Waals surface area (Å²) >= 11 is 1.52. The van der Waals surface area contributed by atoms with Crippen LogP contribution in [0.3, 0.4) is 0 Å². The van der Waals surface area contributed by atoms with Crippen molar-refractivity contribution in [2.45, 2.75) is 0 Å². The number of thiophene rings is 1. The Labute approximate surface area is 125 Å². The maximum Gasteiger partial charge on any atom is 0.253 e. The number of rotatable bonds is 3. The van der Waals surface area contributed by atoms with Crippen molar-refractivity contribution in [3.05, 3.63) is 47.6 Å². The molecule has 6 heteroatoms. The molecule has 0 radical (unpaired) electrons. The molecule has 2 heterocycles. The van der Waals surface area contributed by atoms with Gasteiger partial charge in [-0.2, -0.15) is 0 Å². The zero-order valence-electron chi connectivity index (χ0n) is 11.6. The fraction of sp³-hybridized carbons (Fsp3) is 0.133. The highest BCUT2D eigenvalue weighted by Gasteiger charge is 2.11. The third kappa shape index (κ3) is 2.71. The van der Waals surface area contributed by atoms with Crippen LogP contribution in [0.2, 0.25) is 0 Å². The molecular formula is C15H13N3O2S. The first-order valence-corrected chi connectivity index (χ1v) is 7.21. The van der Waals surface area contributed by atoms with Gasteiger partial charge < -0.3 is 9.64 Å². The zero-order chi connectivity index (χ0) is 14.8. The van der Waals surface area contributed by atoms with E-state index < -0.39 is 0 Å². The van der Waals surface area contributed by atoms with Crippen LogP contribution in [0.25, 0.3) is 10.2 Å². The lowest BCUT2D eigenvalue weighted by atomic mass is 10.2. The number of nitrogens with zero attached hydrogens (tertiary/aromatic N) is 3. The van der Waals surface area contributed by atoms with Crippen molar-refractivity contribution in [2.75, 3.05) is 14.1 Å². The lowest BCUT2D eigenvalue weighted by Crippen LogP contribution is -2.21. The molecule has 0 aliphatic heterocycles. The average Bonchev–Trinajstić information content (AvgIpc) is 2.96. The van der Waals surface area contributed by atoms with Crippen LogP contribution in [0, 0.1) is 0 Å². The molecule has 106 valence electrons. The van der Waals surface area contributed by atoms with Crippen LogP contribution in [0.4, 0.5) is 0 Å². The van der Waals surface area contributed by atoms with E-state index in [1.54, 1.807) is 38.4 Å². The molecule has 0 N–H and O–H groups in total. The van der Waals surface area contributed by atoms with E-state index in [2.05, 4.69) is 9.97 Å². The van der Waals surface area contributed by atoms with E-state index in [1.807, 2.05) is 11.4 Å². The standard InChI is InChI=1S/C15H13N3O2S/c1-18(2)15(19)10-4-3-5-11(8-10)20-14-13-12(6-7-21-13)16-9-17-14/h3-9H,1-2H3.